The third kappa shape index (κ3) is 4.65. The molecule has 1 aromatic carbocycles. The Kier molecular flexibility index (Phi) is 6.40. The molecule has 1 N–H and O–H groups in total. The van der Waals surface area contributed by atoms with Crippen LogP contribution in [0.4, 0.5) is 22.0 Å². The van der Waals surface area contributed by atoms with Crippen LogP contribution in [-0.2, 0) is 11.0 Å². The van der Waals surface area contributed by atoms with Crippen LogP contribution in [0.2, 0.25) is 0 Å². The van der Waals surface area contributed by atoms with Crippen molar-refractivity contribution in [3.05, 3.63) is 71.7 Å². The number of aromatic nitrogens is 3. The third-order valence-electron chi connectivity index (χ3n) is 5.30. The number of nitrogens with zero attached hydrogens (tertiary/aromatic N) is 4. The zero-order valence-electron chi connectivity index (χ0n) is 18.2. The zero-order valence-corrected chi connectivity index (χ0v) is 19.0. The van der Waals surface area contributed by atoms with Crippen LogP contribution in [0.1, 0.15) is 18.1 Å². The van der Waals surface area contributed by atoms with Crippen LogP contribution in [0.3, 0.4) is 0 Å². The Bertz CT molecular complexity index is 1470. The average Bonchev–Trinajstić information content (AvgIpc) is 3.12. The summed E-state index contributed by atoms with van der Waals surface area (Å²) in [5, 5.41) is 10.2. The predicted octanol–water partition coefficient (Wildman–Crippen LogP) is 5.11. The number of benzene rings is 1. The molecule has 0 saturated carbocycles. The molecule has 4 aromatic rings. The van der Waals surface area contributed by atoms with Crippen molar-refractivity contribution in [2.45, 2.75) is 31.0 Å². The summed E-state index contributed by atoms with van der Waals surface area (Å²) >= 11 is 0. The van der Waals surface area contributed by atoms with E-state index in [1.54, 1.807) is 11.5 Å². The van der Waals surface area contributed by atoms with E-state index in [0.717, 1.165) is 19.2 Å². The smallest absolute Gasteiger partial charge is 0.305 e. The van der Waals surface area contributed by atoms with Crippen LogP contribution in [0.15, 0.2) is 53.7 Å². The summed E-state index contributed by atoms with van der Waals surface area (Å²) in [6.45, 7) is 2.40. The second-order valence-corrected chi connectivity index (χ2v) is 8.90. The van der Waals surface area contributed by atoms with Gasteiger partial charge in [-0.1, -0.05) is 0 Å². The largest absolute Gasteiger partial charge is 0.404 e. The van der Waals surface area contributed by atoms with Crippen molar-refractivity contribution < 1.29 is 26.2 Å². The highest BCUT2D eigenvalue weighted by atomic mass is 32.2. The lowest BCUT2D eigenvalue weighted by molar-refractivity contribution is -0.146. The van der Waals surface area contributed by atoms with Gasteiger partial charge in [0.1, 0.15) is 28.9 Å². The summed E-state index contributed by atoms with van der Waals surface area (Å²) in [4.78, 5) is 7.85. The maximum absolute atomic E-state index is 14.4. The van der Waals surface area contributed by atoms with Gasteiger partial charge in [0, 0.05) is 11.6 Å². The Morgan fingerprint density at radius 2 is 1.86 bits per heavy atom. The van der Waals surface area contributed by atoms with E-state index < -0.39 is 35.0 Å². The quantitative estimate of drug-likeness (QED) is 0.302. The van der Waals surface area contributed by atoms with E-state index in [1.807, 2.05) is 10.8 Å². The van der Waals surface area contributed by atoms with Crippen molar-refractivity contribution in [1.82, 2.24) is 19.3 Å². The molecule has 12 heteroatoms. The molecule has 0 fully saturated rings. The first kappa shape index (κ1) is 24.4. The fourth-order valence-electron chi connectivity index (χ4n) is 3.46. The second kappa shape index (κ2) is 9.16. The van der Waals surface area contributed by atoms with Gasteiger partial charge < -0.3 is 4.57 Å². The Balaban J connectivity index is 1.87. The lowest BCUT2D eigenvalue weighted by Gasteiger charge is -2.16. The number of halogens is 5. The van der Waals surface area contributed by atoms with E-state index in [4.69, 9.17) is 0 Å². The van der Waals surface area contributed by atoms with Crippen LogP contribution >= 0.6 is 0 Å². The van der Waals surface area contributed by atoms with E-state index in [0.29, 0.717) is 16.8 Å². The predicted molar refractivity (Wildman–Crippen MR) is 119 cm³/mol. The molecule has 0 radical (unpaired) electrons. The summed E-state index contributed by atoms with van der Waals surface area (Å²) < 4.78 is 82.0. The maximum Gasteiger partial charge on any atom is 0.404 e. The van der Waals surface area contributed by atoms with Gasteiger partial charge in [0.05, 0.1) is 39.2 Å². The van der Waals surface area contributed by atoms with Crippen molar-refractivity contribution in [2.75, 3.05) is 0 Å². The van der Waals surface area contributed by atoms with Crippen molar-refractivity contribution in [3.8, 4) is 23.1 Å². The lowest BCUT2D eigenvalue weighted by Crippen LogP contribution is -2.40. The number of nitrogens with one attached hydrogen (secondary N) is 1. The van der Waals surface area contributed by atoms with Gasteiger partial charge in [0.2, 0.25) is 5.95 Å². The topological polar surface area (TPSA) is 83.6 Å². The standard InChI is InChI=1S/C23H16F5N5OS/c1-12-7-20-16(8-18(12)24)17(9-29)22(33(20)14-3-6-21(25)31-10-14)19-5-4-15(11-30-19)35(34)32-13(2)23(26,27)28/h3-8,10-11,13,32H,1-2H3. The zero-order chi connectivity index (χ0) is 25.5. The number of hydrogen-bond acceptors (Lipinski definition) is 4. The van der Waals surface area contributed by atoms with Crippen LogP contribution in [0, 0.1) is 30.0 Å². The van der Waals surface area contributed by atoms with Crippen LogP contribution < -0.4 is 4.72 Å². The summed E-state index contributed by atoms with van der Waals surface area (Å²) in [7, 11) is -2.20. The number of pyridine rings is 2. The number of hydrogen-bond donors (Lipinski definition) is 1. The van der Waals surface area contributed by atoms with Gasteiger partial charge in [-0.3, -0.25) is 4.98 Å². The molecule has 2 unspecified atom stereocenters. The third-order valence-corrected chi connectivity index (χ3v) is 6.53. The van der Waals surface area contributed by atoms with Crippen molar-refractivity contribution in [1.29, 1.82) is 5.26 Å². The van der Waals surface area contributed by atoms with Gasteiger partial charge >= 0.3 is 6.18 Å². The Labute approximate surface area is 198 Å². The number of rotatable bonds is 5. The van der Waals surface area contributed by atoms with Crippen LogP contribution in [-0.4, -0.2) is 31.0 Å². The molecule has 0 aliphatic carbocycles. The molecule has 0 aliphatic heterocycles. The maximum atomic E-state index is 14.4. The molecule has 3 aromatic heterocycles. The summed E-state index contributed by atoms with van der Waals surface area (Å²) in [5.41, 5.74) is 1.63. The van der Waals surface area contributed by atoms with Crippen molar-refractivity contribution >= 4 is 21.9 Å². The molecular weight excluding hydrogens is 489 g/mol. The minimum atomic E-state index is -4.58. The highest BCUT2D eigenvalue weighted by Gasteiger charge is 2.37. The lowest BCUT2D eigenvalue weighted by atomic mass is 10.1. The first-order chi connectivity index (χ1) is 16.5. The second-order valence-electron chi connectivity index (χ2n) is 7.66. The summed E-state index contributed by atoms with van der Waals surface area (Å²) in [5.74, 6) is -1.25. The fourth-order valence-corrected chi connectivity index (χ4v) is 4.39. The minimum absolute atomic E-state index is 0.0173. The van der Waals surface area contributed by atoms with E-state index in [2.05, 4.69) is 9.97 Å². The molecule has 35 heavy (non-hydrogen) atoms. The van der Waals surface area contributed by atoms with Crippen LogP contribution in [0.25, 0.3) is 28.0 Å². The molecule has 0 bridgehead atoms. The average molecular weight is 505 g/mol. The highest BCUT2D eigenvalue weighted by molar-refractivity contribution is 7.83. The molecule has 0 saturated heterocycles. The molecule has 0 spiro atoms. The first-order valence-corrected chi connectivity index (χ1v) is 11.2. The van der Waals surface area contributed by atoms with E-state index in [9.17, 15) is 31.4 Å². The minimum Gasteiger partial charge on any atom is -0.305 e. The van der Waals surface area contributed by atoms with Crippen LogP contribution in [0.5, 0.6) is 0 Å². The highest BCUT2D eigenvalue weighted by Crippen LogP contribution is 2.36. The van der Waals surface area contributed by atoms with E-state index in [1.165, 1.54) is 36.5 Å². The molecule has 6 nitrogen and oxygen atoms in total. The molecule has 180 valence electrons. The Morgan fingerprint density at radius 3 is 2.43 bits per heavy atom. The number of fused-ring (bicyclic) bond motifs is 1. The number of aryl methyl sites for hydroxylation is 1. The van der Waals surface area contributed by atoms with Gasteiger partial charge in [0.15, 0.2) is 0 Å². The Hall–Kier alpha value is -3.69. The van der Waals surface area contributed by atoms with Crippen molar-refractivity contribution in [3.63, 3.8) is 0 Å². The molecule has 2 atom stereocenters. The molecule has 4 rings (SSSR count). The van der Waals surface area contributed by atoms with E-state index in [-0.39, 0.29) is 27.2 Å². The molecule has 3 heterocycles. The van der Waals surface area contributed by atoms with Gasteiger partial charge in [-0.2, -0.15) is 22.8 Å². The number of alkyl halides is 3. The summed E-state index contributed by atoms with van der Waals surface area (Å²) in [6.07, 6.45) is -2.22. The Morgan fingerprint density at radius 1 is 1.11 bits per heavy atom. The monoisotopic (exact) mass is 505 g/mol. The molecule has 0 aliphatic rings. The first-order valence-electron chi connectivity index (χ1n) is 10.1. The normalized spacial score (nSPS) is 13.5. The van der Waals surface area contributed by atoms with Gasteiger partial charge in [-0.25, -0.2) is 18.3 Å². The molecular formula is C23H16F5N5OS. The van der Waals surface area contributed by atoms with Gasteiger partial charge in [0.25, 0.3) is 0 Å². The number of nitriles is 1. The van der Waals surface area contributed by atoms with E-state index >= 15 is 0 Å². The SMILES string of the molecule is Cc1cc2c(cc1F)c(C#N)c(-c1ccc(S(=O)NC(C)C(F)(F)F)cn1)n2-c1ccc(F)nc1. The summed E-state index contributed by atoms with van der Waals surface area (Å²) in [6, 6.07) is 8.03. The van der Waals surface area contributed by atoms with Gasteiger partial charge in [-0.15, -0.1) is 0 Å². The van der Waals surface area contributed by atoms with Gasteiger partial charge in [-0.05, 0) is 55.8 Å². The molecule has 0 amide bonds. The fraction of sp³-hybridized carbons (Fsp3) is 0.174. The van der Waals surface area contributed by atoms with Crippen molar-refractivity contribution in [2.24, 2.45) is 0 Å².